The molecule has 0 radical (unpaired) electrons. The lowest BCUT2D eigenvalue weighted by molar-refractivity contribution is 0.102. The van der Waals surface area contributed by atoms with Crippen molar-refractivity contribution < 1.29 is 9.18 Å². The number of amidine groups is 1. The van der Waals surface area contributed by atoms with E-state index in [0.29, 0.717) is 22.8 Å². The maximum absolute atomic E-state index is 12.9. The number of nitrogens with one attached hydrogen (secondary N) is 2. The topological polar surface area (TPSA) is 118 Å². The number of amides is 1. The Morgan fingerprint density at radius 2 is 1.86 bits per heavy atom. The number of nitrogens with two attached hydrogens (primary N) is 2. The van der Waals surface area contributed by atoms with Crippen LogP contribution < -0.4 is 22.4 Å². The van der Waals surface area contributed by atoms with Gasteiger partial charge >= 0.3 is 0 Å². The van der Waals surface area contributed by atoms with Crippen molar-refractivity contribution in [1.82, 2.24) is 10.5 Å². The summed E-state index contributed by atoms with van der Waals surface area (Å²) in [5, 5.41) is 7.27. The number of halogens is 1. The number of carbonyl (C=O) groups is 1. The SMILES string of the molecule is NN/N=C(\N)c1ccccc1CSc1ccc(C(=O)Nc2ccc(F)cc2)cn1. The van der Waals surface area contributed by atoms with E-state index in [1.807, 2.05) is 24.3 Å². The van der Waals surface area contributed by atoms with E-state index in [-0.39, 0.29) is 11.7 Å². The quantitative estimate of drug-likeness (QED) is 0.156. The molecule has 1 aromatic heterocycles. The van der Waals surface area contributed by atoms with Crippen molar-refractivity contribution in [2.75, 3.05) is 5.32 Å². The van der Waals surface area contributed by atoms with Gasteiger partial charge in [0, 0.05) is 23.2 Å². The van der Waals surface area contributed by atoms with Crippen molar-refractivity contribution in [3.8, 4) is 0 Å². The highest BCUT2D eigenvalue weighted by atomic mass is 32.2. The number of rotatable bonds is 7. The van der Waals surface area contributed by atoms with Crippen LogP contribution in [0.1, 0.15) is 21.5 Å². The van der Waals surface area contributed by atoms with Crippen LogP contribution in [0.25, 0.3) is 0 Å². The third-order valence-corrected chi connectivity index (χ3v) is 4.95. The average molecular weight is 410 g/mol. The molecule has 148 valence electrons. The highest BCUT2D eigenvalue weighted by molar-refractivity contribution is 7.98. The van der Waals surface area contributed by atoms with Crippen LogP contribution in [0.15, 0.2) is 77.0 Å². The van der Waals surface area contributed by atoms with Crippen LogP contribution >= 0.6 is 11.8 Å². The van der Waals surface area contributed by atoms with Crippen molar-refractivity contribution in [3.63, 3.8) is 0 Å². The molecule has 6 N–H and O–H groups in total. The fourth-order valence-electron chi connectivity index (χ4n) is 2.51. The first-order chi connectivity index (χ1) is 14.1. The van der Waals surface area contributed by atoms with E-state index in [1.54, 1.807) is 12.1 Å². The molecule has 0 saturated carbocycles. The highest BCUT2D eigenvalue weighted by Gasteiger charge is 2.09. The van der Waals surface area contributed by atoms with Gasteiger partial charge in [-0.25, -0.2) is 20.8 Å². The van der Waals surface area contributed by atoms with E-state index in [9.17, 15) is 9.18 Å². The number of nitrogens with zero attached hydrogens (tertiary/aromatic N) is 2. The number of pyridine rings is 1. The molecule has 0 unspecified atom stereocenters. The van der Waals surface area contributed by atoms with Crippen LogP contribution in [0, 0.1) is 5.82 Å². The average Bonchev–Trinajstić information content (AvgIpc) is 2.74. The van der Waals surface area contributed by atoms with Gasteiger partial charge in [-0.05, 0) is 42.0 Å². The van der Waals surface area contributed by atoms with E-state index >= 15 is 0 Å². The van der Waals surface area contributed by atoms with Gasteiger partial charge in [0.2, 0.25) is 0 Å². The predicted molar refractivity (Wildman–Crippen MR) is 113 cm³/mol. The molecule has 0 aliphatic rings. The van der Waals surface area contributed by atoms with E-state index in [1.165, 1.54) is 42.2 Å². The van der Waals surface area contributed by atoms with Crippen molar-refractivity contribution in [2.24, 2.45) is 16.7 Å². The molecule has 0 spiro atoms. The molecule has 0 fully saturated rings. The fourth-order valence-corrected chi connectivity index (χ4v) is 3.36. The number of hydrazone groups is 1. The van der Waals surface area contributed by atoms with Gasteiger partial charge < -0.3 is 11.1 Å². The summed E-state index contributed by atoms with van der Waals surface area (Å²) in [5.41, 5.74) is 10.8. The van der Waals surface area contributed by atoms with Crippen molar-refractivity contribution in [2.45, 2.75) is 10.8 Å². The van der Waals surface area contributed by atoms with E-state index in [0.717, 1.165) is 16.2 Å². The summed E-state index contributed by atoms with van der Waals surface area (Å²) in [7, 11) is 0. The zero-order valence-electron chi connectivity index (χ0n) is 15.3. The molecule has 1 heterocycles. The smallest absolute Gasteiger partial charge is 0.257 e. The molecule has 2 aromatic carbocycles. The minimum atomic E-state index is -0.361. The first-order valence-corrected chi connectivity index (χ1v) is 9.58. The highest BCUT2D eigenvalue weighted by Crippen LogP contribution is 2.23. The predicted octanol–water partition coefficient (Wildman–Crippen LogP) is 2.85. The summed E-state index contributed by atoms with van der Waals surface area (Å²) in [6.07, 6.45) is 1.50. The third kappa shape index (κ3) is 5.53. The van der Waals surface area contributed by atoms with Crippen molar-refractivity contribution in [3.05, 3.63) is 89.4 Å². The minimum Gasteiger partial charge on any atom is -0.382 e. The van der Waals surface area contributed by atoms with Crippen LogP contribution in [0.3, 0.4) is 0 Å². The summed E-state index contributed by atoms with van der Waals surface area (Å²) in [6.45, 7) is 0. The van der Waals surface area contributed by atoms with Crippen molar-refractivity contribution >= 4 is 29.2 Å². The van der Waals surface area contributed by atoms with Gasteiger partial charge in [-0.1, -0.05) is 24.3 Å². The molecule has 0 aliphatic heterocycles. The minimum absolute atomic E-state index is 0.296. The Bertz CT molecular complexity index is 1010. The molecule has 1 amide bonds. The first-order valence-electron chi connectivity index (χ1n) is 8.59. The number of hydrogen-bond donors (Lipinski definition) is 4. The Morgan fingerprint density at radius 1 is 1.10 bits per heavy atom. The molecule has 0 aliphatic carbocycles. The zero-order valence-corrected chi connectivity index (χ0v) is 16.1. The van der Waals surface area contributed by atoms with E-state index < -0.39 is 0 Å². The lowest BCUT2D eigenvalue weighted by Gasteiger charge is -2.09. The Labute approximate surface area is 171 Å². The van der Waals surface area contributed by atoms with Crippen LogP contribution in [-0.2, 0) is 5.75 Å². The summed E-state index contributed by atoms with van der Waals surface area (Å²) in [4.78, 5) is 16.6. The van der Waals surface area contributed by atoms with Crippen LogP contribution in [0.5, 0.6) is 0 Å². The number of carbonyl (C=O) groups excluding carboxylic acids is 1. The maximum Gasteiger partial charge on any atom is 0.257 e. The number of hydrogen-bond acceptors (Lipinski definition) is 6. The van der Waals surface area contributed by atoms with Crippen LogP contribution in [0.2, 0.25) is 0 Å². The van der Waals surface area contributed by atoms with Crippen LogP contribution in [0.4, 0.5) is 10.1 Å². The van der Waals surface area contributed by atoms with E-state index in [2.05, 4.69) is 20.9 Å². The second-order valence-electron chi connectivity index (χ2n) is 5.92. The van der Waals surface area contributed by atoms with Gasteiger partial charge in [0.05, 0.1) is 10.6 Å². The Kier molecular flexibility index (Phi) is 6.77. The first kappa shape index (κ1) is 20.3. The van der Waals surface area contributed by atoms with Crippen molar-refractivity contribution in [1.29, 1.82) is 0 Å². The van der Waals surface area contributed by atoms with E-state index in [4.69, 9.17) is 11.6 Å². The lowest BCUT2D eigenvalue weighted by Crippen LogP contribution is -2.23. The molecular formula is C20H19FN6OS. The summed E-state index contributed by atoms with van der Waals surface area (Å²) < 4.78 is 12.9. The normalized spacial score (nSPS) is 11.2. The molecule has 3 rings (SSSR count). The third-order valence-electron chi connectivity index (χ3n) is 3.95. The second-order valence-corrected chi connectivity index (χ2v) is 6.91. The van der Waals surface area contributed by atoms with Gasteiger partial charge in [0.25, 0.3) is 5.91 Å². The molecule has 7 nitrogen and oxygen atoms in total. The number of anilines is 1. The number of thioether (sulfide) groups is 1. The maximum atomic E-state index is 12.9. The summed E-state index contributed by atoms with van der Waals surface area (Å²) in [5.74, 6) is 5.43. The standard InChI is InChI=1S/C20H19FN6OS/c21-15-6-8-16(9-7-15)25-20(28)13-5-10-18(24-11-13)29-12-14-3-1-2-4-17(14)19(22)26-27-23/h1-11,27H,12,23H2,(H2,22,26)(H,25,28). The molecule has 29 heavy (non-hydrogen) atoms. The number of benzene rings is 2. The lowest BCUT2D eigenvalue weighted by atomic mass is 10.1. The Hall–Kier alpha value is -3.43. The van der Waals surface area contributed by atoms with Crippen LogP contribution in [-0.4, -0.2) is 16.7 Å². The summed E-state index contributed by atoms with van der Waals surface area (Å²) >= 11 is 1.50. The molecule has 0 saturated heterocycles. The van der Waals surface area contributed by atoms with Gasteiger partial charge in [-0.2, -0.15) is 0 Å². The Balaban J connectivity index is 1.63. The summed E-state index contributed by atoms with van der Waals surface area (Å²) in [6, 6.07) is 16.6. The molecule has 9 heteroatoms. The molecule has 0 bridgehead atoms. The van der Waals surface area contributed by atoms with Gasteiger partial charge in [-0.3, -0.25) is 4.79 Å². The number of aromatic nitrogens is 1. The Morgan fingerprint density at radius 3 is 2.55 bits per heavy atom. The number of hydrazine groups is 1. The second kappa shape index (κ2) is 9.67. The molecule has 0 atom stereocenters. The molecular weight excluding hydrogens is 391 g/mol. The van der Waals surface area contributed by atoms with Gasteiger partial charge in [0.1, 0.15) is 5.82 Å². The zero-order chi connectivity index (χ0) is 20.6. The fraction of sp³-hybridized carbons (Fsp3) is 0.0500. The monoisotopic (exact) mass is 410 g/mol. The molecule has 3 aromatic rings. The van der Waals surface area contributed by atoms with Gasteiger partial charge in [0.15, 0.2) is 5.84 Å². The van der Waals surface area contributed by atoms with Gasteiger partial charge in [-0.15, -0.1) is 16.9 Å². The largest absolute Gasteiger partial charge is 0.382 e.